The van der Waals surface area contributed by atoms with E-state index in [-0.39, 0.29) is 6.10 Å². The Balaban J connectivity index is 2.25. The first-order valence-electron chi connectivity index (χ1n) is 4.58. The molecule has 0 spiro atoms. The van der Waals surface area contributed by atoms with E-state index in [1.54, 1.807) is 19.3 Å². The molecule has 1 aliphatic rings. The average Bonchev–Trinajstić information content (AvgIpc) is 3.02. The number of nitrogens with zero attached hydrogens (tertiary/aromatic N) is 2. The topological polar surface area (TPSA) is 57.9 Å². The van der Waals surface area contributed by atoms with Gasteiger partial charge in [-0.3, -0.25) is 0 Å². The van der Waals surface area contributed by atoms with E-state index in [2.05, 4.69) is 16.4 Å². The second-order valence-electron chi connectivity index (χ2n) is 3.26. The Morgan fingerprint density at radius 2 is 2.43 bits per heavy atom. The van der Waals surface area contributed by atoms with Crippen LogP contribution in [-0.2, 0) is 0 Å². The fourth-order valence-electron chi connectivity index (χ4n) is 1.11. The smallest absolute Gasteiger partial charge is 0.232 e. The molecule has 0 saturated heterocycles. The maximum Gasteiger partial charge on any atom is 0.232 e. The lowest BCUT2D eigenvalue weighted by atomic mass is 10.3. The van der Waals surface area contributed by atoms with Crippen LogP contribution in [0.15, 0.2) is 12.3 Å². The van der Waals surface area contributed by atoms with Gasteiger partial charge in [0.05, 0.1) is 11.9 Å². The molecule has 14 heavy (non-hydrogen) atoms. The zero-order valence-electron chi connectivity index (χ0n) is 7.95. The third-order valence-corrected chi connectivity index (χ3v) is 2.06. The third kappa shape index (κ3) is 1.77. The molecule has 0 aliphatic heterocycles. The van der Waals surface area contributed by atoms with Gasteiger partial charge in [-0.1, -0.05) is 0 Å². The van der Waals surface area contributed by atoms with Crippen molar-refractivity contribution < 1.29 is 4.74 Å². The van der Waals surface area contributed by atoms with E-state index in [1.165, 1.54) is 0 Å². The maximum atomic E-state index is 8.87. The minimum Gasteiger partial charge on any atom is -0.473 e. The molecule has 1 N–H and O–H groups in total. The summed E-state index contributed by atoms with van der Waals surface area (Å²) in [5.41, 5.74) is 1.31. The number of nitriles is 1. The van der Waals surface area contributed by atoms with Crippen molar-refractivity contribution in [2.24, 2.45) is 0 Å². The van der Waals surface area contributed by atoms with Crippen molar-refractivity contribution in [1.82, 2.24) is 4.98 Å². The molecule has 4 heteroatoms. The molecule has 2 rings (SSSR count). The van der Waals surface area contributed by atoms with Crippen LogP contribution in [0.1, 0.15) is 18.4 Å². The highest BCUT2D eigenvalue weighted by Crippen LogP contribution is 2.28. The Morgan fingerprint density at radius 3 is 3.00 bits per heavy atom. The van der Waals surface area contributed by atoms with Crippen LogP contribution in [0.25, 0.3) is 0 Å². The third-order valence-electron chi connectivity index (χ3n) is 2.06. The number of anilines is 1. The highest BCUT2D eigenvalue weighted by molar-refractivity contribution is 5.51. The number of aromatic nitrogens is 1. The van der Waals surface area contributed by atoms with Crippen LogP contribution < -0.4 is 10.1 Å². The van der Waals surface area contributed by atoms with Crippen LogP contribution in [0.4, 0.5) is 5.69 Å². The average molecular weight is 189 g/mol. The predicted octanol–water partition coefficient (Wildman–Crippen LogP) is 1.54. The molecule has 72 valence electrons. The standard InChI is InChI=1S/C10H11N3O/c1-12-8-4-7(5-11)10(13-6-8)14-9-2-3-9/h4,6,9,12H,2-3H2,1H3. The SMILES string of the molecule is CNc1cnc(OC2CC2)c(C#N)c1. The molecule has 1 fully saturated rings. The van der Waals surface area contributed by atoms with E-state index in [0.717, 1.165) is 18.5 Å². The summed E-state index contributed by atoms with van der Waals surface area (Å²) in [6, 6.07) is 3.82. The first kappa shape index (κ1) is 8.82. The van der Waals surface area contributed by atoms with Gasteiger partial charge >= 0.3 is 0 Å². The van der Waals surface area contributed by atoms with E-state index in [1.807, 2.05) is 0 Å². The van der Waals surface area contributed by atoms with Gasteiger partial charge in [-0.05, 0) is 18.9 Å². The van der Waals surface area contributed by atoms with Gasteiger partial charge in [0.25, 0.3) is 0 Å². The van der Waals surface area contributed by atoms with Crippen molar-refractivity contribution in [3.63, 3.8) is 0 Å². The van der Waals surface area contributed by atoms with E-state index >= 15 is 0 Å². The van der Waals surface area contributed by atoms with Crippen LogP contribution in [0.5, 0.6) is 5.88 Å². The summed E-state index contributed by atoms with van der Waals surface area (Å²) in [6.07, 6.45) is 4.08. The number of hydrogen-bond acceptors (Lipinski definition) is 4. The minimum absolute atomic E-state index is 0.273. The Kier molecular flexibility index (Phi) is 2.23. The fraction of sp³-hybridized carbons (Fsp3) is 0.400. The number of ether oxygens (including phenoxy) is 1. The van der Waals surface area contributed by atoms with Crippen molar-refractivity contribution in [3.8, 4) is 11.9 Å². The van der Waals surface area contributed by atoms with Crippen molar-refractivity contribution in [1.29, 1.82) is 5.26 Å². The molecule has 1 aromatic rings. The monoisotopic (exact) mass is 189 g/mol. The molecule has 0 unspecified atom stereocenters. The zero-order chi connectivity index (χ0) is 9.97. The molecule has 0 aromatic carbocycles. The normalized spacial score (nSPS) is 14.6. The highest BCUT2D eigenvalue weighted by atomic mass is 16.5. The molecule has 1 saturated carbocycles. The highest BCUT2D eigenvalue weighted by Gasteiger charge is 2.25. The van der Waals surface area contributed by atoms with Gasteiger partial charge < -0.3 is 10.1 Å². The van der Waals surface area contributed by atoms with Gasteiger partial charge in [-0.25, -0.2) is 4.98 Å². The molecule has 1 aromatic heterocycles. The maximum absolute atomic E-state index is 8.87. The molecule has 0 radical (unpaired) electrons. The Labute approximate surface area is 82.5 Å². The Bertz CT molecular complexity index is 379. The van der Waals surface area contributed by atoms with Crippen LogP contribution in [0.2, 0.25) is 0 Å². The first-order valence-corrected chi connectivity index (χ1v) is 4.58. The van der Waals surface area contributed by atoms with Gasteiger partial charge in [0, 0.05) is 7.05 Å². The largest absolute Gasteiger partial charge is 0.473 e. The summed E-state index contributed by atoms with van der Waals surface area (Å²) in [4.78, 5) is 4.09. The number of nitrogens with one attached hydrogen (secondary N) is 1. The van der Waals surface area contributed by atoms with Gasteiger partial charge in [0.2, 0.25) is 5.88 Å². The molecule has 4 nitrogen and oxygen atoms in total. The molecule has 1 aliphatic carbocycles. The second-order valence-corrected chi connectivity index (χ2v) is 3.26. The fourth-order valence-corrected chi connectivity index (χ4v) is 1.11. The van der Waals surface area contributed by atoms with Crippen LogP contribution in [-0.4, -0.2) is 18.1 Å². The van der Waals surface area contributed by atoms with E-state index in [0.29, 0.717) is 11.4 Å². The number of rotatable bonds is 3. The van der Waals surface area contributed by atoms with Gasteiger partial charge in [0.15, 0.2) is 0 Å². The Morgan fingerprint density at radius 1 is 1.64 bits per heavy atom. The van der Waals surface area contributed by atoms with Crippen molar-refractivity contribution in [2.45, 2.75) is 18.9 Å². The van der Waals surface area contributed by atoms with E-state index in [9.17, 15) is 0 Å². The van der Waals surface area contributed by atoms with Gasteiger partial charge in [0.1, 0.15) is 17.7 Å². The quantitative estimate of drug-likeness (QED) is 0.783. The summed E-state index contributed by atoms with van der Waals surface area (Å²) >= 11 is 0. The lowest BCUT2D eigenvalue weighted by Gasteiger charge is -2.06. The molecule has 0 atom stereocenters. The molecule has 1 heterocycles. The molecular weight excluding hydrogens is 178 g/mol. The lowest BCUT2D eigenvalue weighted by Crippen LogP contribution is -2.01. The lowest BCUT2D eigenvalue weighted by molar-refractivity contribution is 0.290. The number of pyridine rings is 1. The summed E-state index contributed by atoms with van der Waals surface area (Å²) in [6.45, 7) is 0. The van der Waals surface area contributed by atoms with Gasteiger partial charge in [-0.2, -0.15) is 5.26 Å². The summed E-state index contributed by atoms with van der Waals surface area (Å²) in [7, 11) is 1.79. The zero-order valence-corrected chi connectivity index (χ0v) is 7.95. The predicted molar refractivity (Wildman–Crippen MR) is 52.1 cm³/mol. The van der Waals surface area contributed by atoms with Crippen LogP contribution in [0, 0.1) is 11.3 Å². The summed E-state index contributed by atoms with van der Waals surface area (Å²) in [5.74, 6) is 0.453. The summed E-state index contributed by atoms with van der Waals surface area (Å²) in [5, 5.41) is 11.8. The van der Waals surface area contributed by atoms with Crippen LogP contribution >= 0.6 is 0 Å². The van der Waals surface area contributed by atoms with Gasteiger partial charge in [-0.15, -0.1) is 0 Å². The van der Waals surface area contributed by atoms with E-state index < -0.39 is 0 Å². The first-order chi connectivity index (χ1) is 6.83. The summed E-state index contributed by atoms with van der Waals surface area (Å²) < 4.78 is 5.49. The second kappa shape index (κ2) is 3.54. The Hall–Kier alpha value is -1.76. The van der Waals surface area contributed by atoms with Crippen LogP contribution in [0.3, 0.4) is 0 Å². The van der Waals surface area contributed by atoms with Crippen molar-refractivity contribution in [3.05, 3.63) is 17.8 Å². The molecular formula is C10H11N3O. The van der Waals surface area contributed by atoms with Crippen molar-refractivity contribution >= 4 is 5.69 Å². The van der Waals surface area contributed by atoms with E-state index in [4.69, 9.17) is 10.00 Å². The molecule has 0 bridgehead atoms. The minimum atomic E-state index is 0.273. The number of hydrogen-bond donors (Lipinski definition) is 1. The molecule has 0 amide bonds. The van der Waals surface area contributed by atoms with Crippen molar-refractivity contribution in [2.75, 3.05) is 12.4 Å².